The maximum absolute atomic E-state index is 12.3. The fraction of sp³-hybridized carbons (Fsp3) is 0.400. The second-order valence-electron chi connectivity index (χ2n) is 3.92. The van der Waals surface area contributed by atoms with Gasteiger partial charge in [-0.2, -0.15) is 4.31 Å². The number of hydrogen-bond donors (Lipinski definition) is 1. The Morgan fingerprint density at radius 2 is 1.82 bits per heavy atom. The highest BCUT2D eigenvalue weighted by atomic mass is 79.9. The molecule has 0 radical (unpaired) electrons. The Labute approximate surface area is 118 Å². The molecule has 0 saturated carbocycles. The molecule has 0 aliphatic carbocycles. The van der Waals surface area contributed by atoms with Crippen molar-refractivity contribution < 1.29 is 8.42 Å². The van der Waals surface area contributed by atoms with E-state index in [1.807, 2.05) is 0 Å². The van der Waals surface area contributed by atoms with Gasteiger partial charge in [0.2, 0.25) is 10.0 Å². The summed E-state index contributed by atoms with van der Waals surface area (Å²) in [6.07, 6.45) is 0. The van der Waals surface area contributed by atoms with Crippen LogP contribution in [-0.4, -0.2) is 25.8 Å². The van der Waals surface area contributed by atoms with Crippen molar-refractivity contribution in [1.29, 1.82) is 0 Å². The van der Waals surface area contributed by atoms with Gasteiger partial charge in [-0.25, -0.2) is 8.42 Å². The molecule has 1 aromatic rings. The highest BCUT2D eigenvalue weighted by Gasteiger charge is 2.27. The van der Waals surface area contributed by atoms with Crippen LogP contribution >= 0.6 is 31.9 Å². The summed E-state index contributed by atoms with van der Waals surface area (Å²) in [4.78, 5) is 0.108. The molecule has 0 bridgehead atoms. The van der Waals surface area contributed by atoms with Crippen LogP contribution in [0.15, 0.2) is 26.0 Å². The summed E-state index contributed by atoms with van der Waals surface area (Å²) >= 11 is 6.50. The van der Waals surface area contributed by atoms with Crippen molar-refractivity contribution in [2.45, 2.75) is 24.8 Å². The molecule has 0 aromatic heterocycles. The van der Waals surface area contributed by atoms with Crippen LogP contribution in [0, 0.1) is 0 Å². The molecular formula is C10H14Br2N2O2S. The molecule has 0 saturated heterocycles. The van der Waals surface area contributed by atoms with E-state index < -0.39 is 10.0 Å². The standard InChI is InChI=1S/C10H14Br2N2O2S/c1-6(2)14(3)17(15,16)10-8(12)4-7(11)5-9(10)13/h4-6H,13H2,1-3H3. The predicted octanol–water partition coefficient (Wildman–Crippen LogP) is 2.82. The largest absolute Gasteiger partial charge is 0.398 e. The van der Waals surface area contributed by atoms with E-state index in [9.17, 15) is 8.42 Å². The fourth-order valence-electron chi connectivity index (χ4n) is 1.27. The van der Waals surface area contributed by atoms with Gasteiger partial charge in [0, 0.05) is 22.0 Å². The first-order valence-electron chi connectivity index (χ1n) is 4.90. The lowest BCUT2D eigenvalue weighted by Gasteiger charge is -2.22. The monoisotopic (exact) mass is 384 g/mol. The Morgan fingerprint density at radius 1 is 1.29 bits per heavy atom. The minimum Gasteiger partial charge on any atom is -0.398 e. The Balaban J connectivity index is 3.45. The van der Waals surface area contributed by atoms with Crippen LogP contribution in [0.1, 0.15) is 13.8 Å². The van der Waals surface area contributed by atoms with Gasteiger partial charge in [0.05, 0.1) is 5.69 Å². The summed E-state index contributed by atoms with van der Waals surface area (Å²) in [6.45, 7) is 3.61. The third-order valence-electron chi connectivity index (χ3n) is 2.40. The molecule has 0 fully saturated rings. The van der Waals surface area contributed by atoms with Crippen molar-refractivity contribution in [3.8, 4) is 0 Å². The summed E-state index contributed by atoms with van der Waals surface area (Å²) in [5.41, 5.74) is 6.00. The van der Waals surface area contributed by atoms with E-state index in [2.05, 4.69) is 31.9 Å². The highest BCUT2D eigenvalue weighted by molar-refractivity contribution is 9.11. The van der Waals surface area contributed by atoms with Crippen LogP contribution in [0.3, 0.4) is 0 Å². The van der Waals surface area contributed by atoms with Crippen LogP contribution in [0.4, 0.5) is 5.69 Å². The summed E-state index contributed by atoms with van der Waals surface area (Å²) < 4.78 is 27.1. The maximum atomic E-state index is 12.3. The maximum Gasteiger partial charge on any atom is 0.246 e. The van der Waals surface area contributed by atoms with Crippen LogP contribution in [0.2, 0.25) is 0 Å². The van der Waals surface area contributed by atoms with Gasteiger partial charge in [0.15, 0.2) is 0 Å². The number of sulfonamides is 1. The Kier molecular flexibility index (Phi) is 4.62. The van der Waals surface area contributed by atoms with Gasteiger partial charge in [-0.1, -0.05) is 15.9 Å². The smallest absolute Gasteiger partial charge is 0.246 e. The summed E-state index contributed by atoms with van der Waals surface area (Å²) in [6, 6.07) is 3.11. The minimum atomic E-state index is -3.58. The number of hydrogen-bond acceptors (Lipinski definition) is 3. The molecule has 2 N–H and O–H groups in total. The third kappa shape index (κ3) is 3.01. The highest BCUT2D eigenvalue weighted by Crippen LogP contribution is 2.33. The predicted molar refractivity (Wildman–Crippen MR) is 76.3 cm³/mol. The molecule has 7 heteroatoms. The minimum absolute atomic E-state index is 0.108. The van der Waals surface area contributed by atoms with Crippen LogP contribution in [0.5, 0.6) is 0 Å². The number of rotatable bonds is 3. The first-order valence-corrected chi connectivity index (χ1v) is 7.93. The van der Waals surface area contributed by atoms with Crippen molar-refractivity contribution >= 4 is 47.6 Å². The van der Waals surface area contributed by atoms with E-state index >= 15 is 0 Å². The second-order valence-corrected chi connectivity index (χ2v) is 7.63. The van der Waals surface area contributed by atoms with Gasteiger partial charge >= 0.3 is 0 Å². The molecule has 96 valence electrons. The number of nitrogen functional groups attached to an aromatic ring is 1. The Morgan fingerprint density at radius 3 is 2.24 bits per heavy atom. The zero-order valence-electron chi connectivity index (χ0n) is 9.74. The molecule has 0 aliphatic rings. The summed E-state index contributed by atoms with van der Waals surface area (Å²) in [5, 5.41) is 0. The van der Waals surface area contributed by atoms with E-state index in [-0.39, 0.29) is 16.6 Å². The average molecular weight is 386 g/mol. The summed E-state index contributed by atoms with van der Waals surface area (Å²) in [5.74, 6) is 0. The lowest BCUT2D eigenvalue weighted by Crippen LogP contribution is -2.33. The first kappa shape index (κ1) is 14.9. The quantitative estimate of drug-likeness (QED) is 0.813. The van der Waals surface area contributed by atoms with Gasteiger partial charge in [-0.15, -0.1) is 0 Å². The van der Waals surface area contributed by atoms with Crippen molar-refractivity contribution in [2.75, 3.05) is 12.8 Å². The van der Waals surface area contributed by atoms with Crippen molar-refractivity contribution in [3.05, 3.63) is 21.1 Å². The Bertz CT molecular complexity index is 506. The van der Waals surface area contributed by atoms with E-state index in [0.717, 1.165) is 4.47 Å². The van der Waals surface area contributed by atoms with Crippen molar-refractivity contribution in [3.63, 3.8) is 0 Å². The van der Waals surface area contributed by atoms with Gasteiger partial charge in [-0.3, -0.25) is 0 Å². The topological polar surface area (TPSA) is 63.4 Å². The molecule has 0 heterocycles. The average Bonchev–Trinajstić information content (AvgIpc) is 2.13. The number of anilines is 1. The molecule has 0 unspecified atom stereocenters. The Hall–Kier alpha value is -0.110. The number of nitrogens with two attached hydrogens (primary N) is 1. The molecule has 1 rings (SSSR count). The first-order chi connectivity index (χ1) is 7.67. The van der Waals surface area contributed by atoms with Gasteiger partial charge in [0.25, 0.3) is 0 Å². The molecule has 0 amide bonds. The van der Waals surface area contributed by atoms with Crippen LogP contribution in [0.25, 0.3) is 0 Å². The van der Waals surface area contributed by atoms with Gasteiger partial charge < -0.3 is 5.73 Å². The van der Waals surface area contributed by atoms with E-state index in [1.54, 1.807) is 26.0 Å². The lowest BCUT2D eigenvalue weighted by atomic mass is 10.3. The number of benzene rings is 1. The summed E-state index contributed by atoms with van der Waals surface area (Å²) in [7, 11) is -2.04. The van der Waals surface area contributed by atoms with E-state index in [1.165, 1.54) is 11.4 Å². The van der Waals surface area contributed by atoms with Gasteiger partial charge in [-0.05, 0) is 41.9 Å². The molecular weight excluding hydrogens is 372 g/mol. The van der Waals surface area contributed by atoms with Gasteiger partial charge in [0.1, 0.15) is 4.90 Å². The zero-order chi connectivity index (χ0) is 13.4. The lowest BCUT2D eigenvalue weighted by molar-refractivity contribution is 0.410. The van der Waals surface area contributed by atoms with Crippen LogP contribution < -0.4 is 5.73 Å². The van der Waals surface area contributed by atoms with E-state index in [0.29, 0.717) is 4.47 Å². The fourth-order valence-corrected chi connectivity index (χ4v) is 4.65. The van der Waals surface area contributed by atoms with Crippen molar-refractivity contribution in [1.82, 2.24) is 4.31 Å². The SMILES string of the molecule is CC(C)N(C)S(=O)(=O)c1c(N)cc(Br)cc1Br. The molecule has 0 spiro atoms. The number of halogens is 2. The second kappa shape index (κ2) is 5.26. The molecule has 0 atom stereocenters. The molecule has 4 nitrogen and oxygen atoms in total. The zero-order valence-corrected chi connectivity index (χ0v) is 13.7. The molecule has 0 aliphatic heterocycles. The van der Waals surface area contributed by atoms with E-state index in [4.69, 9.17) is 5.73 Å². The molecule has 1 aromatic carbocycles. The molecule has 17 heavy (non-hydrogen) atoms. The normalized spacial score (nSPS) is 12.4. The third-order valence-corrected chi connectivity index (χ3v) is 5.90. The van der Waals surface area contributed by atoms with Crippen molar-refractivity contribution in [2.24, 2.45) is 0 Å². The number of nitrogens with zero attached hydrogens (tertiary/aromatic N) is 1. The van der Waals surface area contributed by atoms with Crippen LogP contribution in [-0.2, 0) is 10.0 Å².